The molecule has 1 aliphatic heterocycles. The van der Waals surface area contributed by atoms with Crippen LogP contribution in [0.4, 0.5) is 11.4 Å². The van der Waals surface area contributed by atoms with Gasteiger partial charge in [0.15, 0.2) is 0 Å². The van der Waals surface area contributed by atoms with Gasteiger partial charge >= 0.3 is 0 Å². The molecule has 1 heterocycles. The summed E-state index contributed by atoms with van der Waals surface area (Å²) in [6.07, 6.45) is -0.284. The monoisotopic (exact) mass is 341 g/mol. The number of carbonyl (C=O) groups is 1. The van der Waals surface area contributed by atoms with Crippen LogP contribution in [0.3, 0.4) is 0 Å². The molecule has 1 amide bonds. The van der Waals surface area contributed by atoms with Gasteiger partial charge in [-0.1, -0.05) is 18.5 Å². The molecule has 1 atom stereocenters. The van der Waals surface area contributed by atoms with E-state index < -0.39 is 6.10 Å². The number of rotatable bonds is 6. The van der Waals surface area contributed by atoms with Gasteiger partial charge in [0.25, 0.3) is 0 Å². The summed E-state index contributed by atoms with van der Waals surface area (Å²) < 4.78 is 0. The van der Waals surface area contributed by atoms with Crippen LogP contribution in [0, 0.1) is 0 Å². The maximum absolute atomic E-state index is 11.8. The Balaban J connectivity index is 2.06. The molecule has 1 saturated heterocycles. The Morgan fingerprint density at radius 2 is 2.04 bits per heavy atom. The molecule has 1 aromatic rings. The zero-order valence-corrected chi connectivity index (χ0v) is 14.1. The van der Waals surface area contributed by atoms with E-state index in [0.29, 0.717) is 24.5 Å². The molecule has 0 aliphatic carbocycles. The molecule has 23 heavy (non-hydrogen) atoms. The Bertz CT molecular complexity index is 533. The fourth-order valence-corrected chi connectivity index (χ4v) is 2.81. The van der Waals surface area contributed by atoms with Gasteiger partial charge in [-0.05, 0) is 18.2 Å². The van der Waals surface area contributed by atoms with Crippen molar-refractivity contribution in [2.24, 2.45) is 0 Å². The largest absolute Gasteiger partial charge is 0.394 e. The fraction of sp³-hybridized carbons (Fsp3) is 0.562. The van der Waals surface area contributed by atoms with Crippen molar-refractivity contribution < 1.29 is 15.0 Å². The molecule has 0 radical (unpaired) electrons. The number of anilines is 2. The molecule has 6 nitrogen and oxygen atoms in total. The Morgan fingerprint density at radius 3 is 2.65 bits per heavy atom. The standard InChI is InChI=1S/C16H24ClN3O3/c1-2-16(23)20-7-5-19(6-8-20)15-4-3-12(17)9-14(15)18-10-13(22)11-21/h3-4,9,13,18,21-22H,2,5-8,10-11H2,1H3. The minimum absolute atomic E-state index is 0.185. The van der Waals surface area contributed by atoms with Gasteiger partial charge in [0, 0.05) is 44.2 Å². The first-order valence-electron chi connectivity index (χ1n) is 7.90. The summed E-state index contributed by atoms with van der Waals surface area (Å²) >= 11 is 6.07. The third-order valence-electron chi connectivity index (χ3n) is 3.97. The Labute approximate surface area is 141 Å². The second-order valence-electron chi connectivity index (χ2n) is 5.60. The average molecular weight is 342 g/mol. The van der Waals surface area contributed by atoms with E-state index in [2.05, 4.69) is 10.2 Å². The number of nitrogens with one attached hydrogen (secondary N) is 1. The number of amides is 1. The number of halogens is 1. The topological polar surface area (TPSA) is 76.0 Å². The molecule has 0 aromatic heterocycles. The molecule has 1 aliphatic rings. The molecule has 2 rings (SSSR count). The highest BCUT2D eigenvalue weighted by Gasteiger charge is 2.22. The highest BCUT2D eigenvalue weighted by Crippen LogP contribution is 2.30. The van der Waals surface area contributed by atoms with E-state index in [4.69, 9.17) is 16.7 Å². The molecule has 0 spiro atoms. The number of aliphatic hydroxyl groups is 2. The van der Waals surface area contributed by atoms with E-state index >= 15 is 0 Å². The van der Waals surface area contributed by atoms with E-state index in [0.717, 1.165) is 24.5 Å². The van der Waals surface area contributed by atoms with Crippen LogP contribution in [0.2, 0.25) is 5.02 Å². The minimum Gasteiger partial charge on any atom is -0.394 e. The van der Waals surface area contributed by atoms with Crippen molar-refractivity contribution in [1.82, 2.24) is 4.90 Å². The van der Waals surface area contributed by atoms with Crippen molar-refractivity contribution in [2.45, 2.75) is 19.4 Å². The number of hydrogen-bond acceptors (Lipinski definition) is 5. The minimum atomic E-state index is -0.819. The first-order chi connectivity index (χ1) is 11.0. The molecule has 0 bridgehead atoms. The van der Waals surface area contributed by atoms with Crippen molar-refractivity contribution in [3.8, 4) is 0 Å². The average Bonchev–Trinajstić information content (AvgIpc) is 2.59. The summed E-state index contributed by atoms with van der Waals surface area (Å²) in [7, 11) is 0. The highest BCUT2D eigenvalue weighted by atomic mass is 35.5. The number of piperazine rings is 1. The van der Waals surface area contributed by atoms with Crippen LogP contribution in [0.15, 0.2) is 18.2 Å². The SMILES string of the molecule is CCC(=O)N1CCN(c2ccc(Cl)cc2NCC(O)CO)CC1. The van der Waals surface area contributed by atoms with Crippen molar-refractivity contribution >= 4 is 28.9 Å². The molecule has 0 saturated carbocycles. The summed E-state index contributed by atoms with van der Waals surface area (Å²) in [6, 6.07) is 5.58. The zero-order chi connectivity index (χ0) is 16.8. The van der Waals surface area contributed by atoms with E-state index in [1.165, 1.54) is 0 Å². The molecule has 1 aromatic carbocycles. The quantitative estimate of drug-likeness (QED) is 0.724. The fourth-order valence-electron chi connectivity index (χ4n) is 2.64. The van der Waals surface area contributed by atoms with Crippen LogP contribution in [0.25, 0.3) is 0 Å². The highest BCUT2D eigenvalue weighted by molar-refractivity contribution is 6.31. The molecule has 7 heteroatoms. The van der Waals surface area contributed by atoms with E-state index in [-0.39, 0.29) is 19.1 Å². The number of carbonyl (C=O) groups excluding carboxylic acids is 1. The van der Waals surface area contributed by atoms with Crippen molar-refractivity contribution in [3.63, 3.8) is 0 Å². The van der Waals surface area contributed by atoms with Gasteiger partial charge in [0.05, 0.1) is 24.1 Å². The molecular formula is C16H24ClN3O3. The summed E-state index contributed by atoms with van der Waals surface area (Å²) in [5, 5.41) is 22.2. The smallest absolute Gasteiger partial charge is 0.222 e. The Hall–Kier alpha value is -1.50. The van der Waals surface area contributed by atoms with Gasteiger partial charge in [-0.25, -0.2) is 0 Å². The summed E-state index contributed by atoms with van der Waals surface area (Å²) in [4.78, 5) is 15.8. The predicted molar refractivity (Wildman–Crippen MR) is 92.1 cm³/mol. The van der Waals surface area contributed by atoms with Gasteiger partial charge in [-0.15, -0.1) is 0 Å². The van der Waals surface area contributed by atoms with Crippen LogP contribution < -0.4 is 10.2 Å². The number of benzene rings is 1. The van der Waals surface area contributed by atoms with Crippen molar-refractivity contribution in [3.05, 3.63) is 23.2 Å². The van der Waals surface area contributed by atoms with Gasteiger partial charge in [-0.2, -0.15) is 0 Å². The van der Waals surface area contributed by atoms with E-state index in [1.54, 1.807) is 0 Å². The number of nitrogens with zero attached hydrogens (tertiary/aromatic N) is 2. The van der Waals surface area contributed by atoms with E-state index in [9.17, 15) is 9.90 Å². The van der Waals surface area contributed by atoms with Crippen molar-refractivity contribution in [1.29, 1.82) is 0 Å². The lowest BCUT2D eigenvalue weighted by molar-refractivity contribution is -0.131. The number of aliphatic hydroxyl groups excluding tert-OH is 2. The Kier molecular flexibility index (Phi) is 6.50. The molecular weight excluding hydrogens is 318 g/mol. The maximum atomic E-state index is 11.8. The lowest BCUT2D eigenvalue weighted by Gasteiger charge is -2.37. The zero-order valence-electron chi connectivity index (χ0n) is 13.3. The molecule has 1 unspecified atom stereocenters. The van der Waals surface area contributed by atoms with Gasteiger partial charge < -0.3 is 25.3 Å². The van der Waals surface area contributed by atoms with Crippen LogP contribution >= 0.6 is 11.6 Å². The van der Waals surface area contributed by atoms with Gasteiger partial charge in [0.1, 0.15) is 0 Å². The normalized spacial score (nSPS) is 16.3. The summed E-state index contributed by atoms with van der Waals surface area (Å²) in [5.74, 6) is 0.185. The van der Waals surface area contributed by atoms with Crippen LogP contribution in [0.1, 0.15) is 13.3 Å². The molecule has 1 fully saturated rings. The Morgan fingerprint density at radius 1 is 1.35 bits per heavy atom. The maximum Gasteiger partial charge on any atom is 0.222 e. The third-order valence-corrected chi connectivity index (χ3v) is 4.21. The van der Waals surface area contributed by atoms with Gasteiger partial charge in [-0.3, -0.25) is 4.79 Å². The van der Waals surface area contributed by atoms with Gasteiger partial charge in [0.2, 0.25) is 5.91 Å². The lowest BCUT2D eigenvalue weighted by atomic mass is 10.2. The second kappa shape index (κ2) is 8.38. The van der Waals surface area contributed by atoms with Crippen LogP contribution in [-0.4, -0.2) is 66.5 Å². The summed E-state index contributed by atoms with van der Waals surface area (Å²) in [5.41, 5.74) is 1.81. The van der Waals surface area contributed by atoms with Crippen molar-refractivity contribution in [2.75, 3.05) is 49.5 Å². The third kappa shape index (κ3) is 4.73. The molecule has 128 valence electrons. The second-order valence-corrected chi connectivity index (χ2v) is 6.04. The first kappa shape index (κ1) is 17.8. The first-order valence-corrected chi connectivity index (χ1v) is 8.28. The summed E-state index contributed by atoms with van der Waals surface area (Å²) in [6.45, 7) is 4.75. The van der Waals surface area contributed by atoms with Crippen LogP contribution in [0.5, 0.6) is 0 Å². The van der Waals surface area contributed by atoms with Crippen LogP contribution in [-0.2, 0) is 4.79 Å². The van der Waals surface area contributed by atoms with E-state index in [1.807, 2.05) is 30.0 Å². The predicted octanol–water partition coefficient (Wildman–Crippen LogP) is 1.16. The molecule has 3 N–H and O–H groups in total. The number of hydrogen-bond donors (Lipinski definition) is 3. The lowest BCUT2D eigenvalue weighted by Crippen LogP contribution is -2.48.